The van der Waals surface area contributed by atoms with Crippen LogP contribution in [0.25, 0.3) is 10.9 Å². The highest BCUT2D eigenvalue weighted by Crippen LogP contribution is 2.40. The fourth-order valence-corrected chi connectivity index (χ4v) is 1.83. The van der Waals surface area contributed by atoms with Crippen molar-refractivity contribution in [2.75, 3.05) is 14.2 Å². The molecule has 6 heteroatoms. The van der Waals surface area contributed by atoms with E-state index in [1.807, 2.05) is 6.92 Å². The summed E-state index contributed by atoms with van der Waals surface area (Å²) in [5.41, 5.74) is 1.23. The van der Waals surface area contributed by atoms with Crippen molar-refractivity contribution in [3.63, 3.8) is 0 Å². The van der Waals surface area contributed by atoms with Gasteiger partial charge in [-0.1, -0.05) is 0 Å². The molecule has 18 heavy (non-hydrogen) atoms. The molecular weight excluding hydrogens is 236 g/mol. The van der Waals surface area contributed by atoms with Gasteiger partial charge in [-0.2, -0.15) is 0 Å². The van der Waals surface area contributed by atoms with Gasteiger partial charge in [-0.25, -0.2) is 4.98 Å². The second-order valence-corrected chi connectivity index (χ2v) is 3.74. The van der Waals surface area contributed by atoms with E-state index >= 15 is 0 Å². The van der Waals surface area contributed by atoms with Crippen LogP contribution in [0.15, 0.2) is 18.2 Å². The molecule has 0 atom stereocenters. The quantitative estimate of drug-likeness (QED) is 0.616. The Kier molecular flexibility index (Phi) is 3.01. The Morgan fingerprint density at radius 3 is 2.56 bits per heavy atom. The van der Waals surface area contributed by atoms with Crippen molar-refractivity contribution in [3.8, 4) is 11.5 Å². The zero-order chi connectivity index (χ0) is 13.3. The van der Waals surface area contributed by atoms with E-state index in [9.17, 15) is 10.1 Å². The van der Waals surface area contributed by atoms with Gasteiger partial charge >= 0.3 is 5.69 Å². The maximum Gasteiger partial charge on any atom is 0.315 e. The average Bonchev–Trinajstić information content (AvgIpc) is 2.36. The Labute approximate surface area is 103 Å². The van der Waals surface area contributed by atoms with Gasteiger partial charge in [0.2, 0.25) is 5.75 Å². The van der Waals surface area contributed by atoms with E-state index in [1.54, 1.807) is 12.1 Å². The Balaban J connectivity index is 2.91. The molecule has 0 saturated carbocycles. The van der Waals surface area contributed by atoms with Crippen LogP contribution in [0, 0.1) is 17.0 Å². The second kappa shape index (κ2) is 4.48. The number of aromatic nitrogens is 1. The molecule has 1 aromatic heterocycles. The number of benzene rings is 1. The summed E-state index contributed by atoms with van der Waals surface area (Å²) in [6, 6.07) is 4.84. The Morgan fingerprint density at radius 2 is 2.00 bits per heavy atom. The number of pyridine rings is 1. The third kappa shape index (κ3) is 1.81. The molecular formula is C12H12N2O4. The van der Waals surface area contributed by atoms with Gasteiger partial charge in [0, 0.05) is 5.69 Å². The number of hydrogen-bond acceptors (Lipinski definition) is 5. The maximum atomic E-state index is 11.0. The average molecular weight is 248 g/mol. The molecule has 0 aliphatic rings. The number of methoxy groups -OCH3 is 2. The van der Waals surface area contributed by atoms with Gasteiger partial charge in [-0.15, -0.1) is 0 Å². The van der Waals surface area contributed by atoms with Gasteiger partial charge in [0.05, 0.1) is 30.6 Å². The first-order valence-electron chi connectivity index (χ1n) is 5.25. The number of rotatable bonds is 3. The van der Waals surface area contributed by atoms with Crippen LogP contribution in [0.5, 0.6) is 11.5 Å². The van der Waals surface area contributed by atoms with E-state index in [4.69, 9.17) is 9.47 Å². The van der Waals surface area contributed by atoms with E-state index in [0.717, 1.165) is 5.69 Å². The molecule has 94 valence electrons. The highest BCUT2D eigenvalue weighted by atomic mass is 16.6. The van der Waals surface area contributed by atoms with Crippen LogP contribution in [0.2, 0.25) is 0 Å². The van der Waals surface area contributed by atoms with Crippen LogP contribution in [-0.2, 0) is 0 Å². The van der Waals surface area contributed by atoms with Crippen LogP contribution in [-0.4, -0.2) is 24.1 Å². The van der Waals surface area contributed by atoms with Crippen LogP contribution in [0.1, 0.15) is 5.69 Å². The van der Waals surface area contributed by atoms with Crippen molar-refractivity contribution < 1.29 is 14.4 Å². The topological polar surface area (TPSA) is 74.5 Å². The molecule has 1 heterocycles. The van der Waals surface area contributed by atoms with E-state index in [2.05, 4.69) is 4.98 Å². The lowest BCUT2D eigenvalue weighted by atomic mass is 10.1. The van der Waals surface area contributed by atoms with Gasteiger partial charge in [0.25, 0.3) is 0 Å². The minimum absolute atomic E-state index is 0.132. The third-order valence-electron chi connectivity index (χ3n) is 2.63. The monoisotopic (exact) mass is 248 g/mol. The maximum absolute atomic E-state index is 11.0. The number of nitro benzene ring substituents is 1. The molecule has 0 amide bonds. The highest BCUT2D eigenvalue weighted by molar-refractivity contribution is 5.94. The Morgan fingerprint density at radius 1 is 1.28 bits per heavy atom. The van der Waals surface area contributed by atoms with E-state index < -0.39 is 4.92 Å². The zero-order valence-electron chi connectivity index (χ0n) is 10.3. The molecule has 0 fully saturated rings. The van der Waals surface area contributed by atoms with Crippen molar-refractivity contribution >= 4 is 16.6 Å². The summed E-state index contributed by atoms with van der Waals surface area (Å²) in [5, 5.41) is 11.6. The predicted octanol–water partition coefficient (Wildman–Crippen LogP) is 2.47. The fraction of sp³-hybridized carbons (Fsp3) is 0.250. The lowest BCUT2D eigenvalue weighted by Crippen LogP contribution is -1.98. The smallest absolute Gasteiger partial charge is 0.315 e. The van der Waals surface area contributed by atoms with Crippen molar-refractivity contribution in [1.82, 2.24) is 4.98 Å². The molecule has 6 nitrogen and oxygen atoms in total. The van der Waals surface area contributed by atoms with Crippen molar-refractivity contribution in [2.24, 2.45) is 0 Å². The highest BCUT2D eigenvalue weighted by Gasteiger charge is 2.22. The minimum Gasteiger partial charge on any atom is -0.494 e. The van der Waals surface area contributed by atoms with E-state index in [0.29, 0.717) is 16.7 Å². The van der Waals surface area contributed by atoms with Crippen molar-refractivity contribution in [1.29, 1.82) is 0 Å². The fourth-order valence-electron chi connectivity index (χ4n) is 1.83. The Bertz CT molecular complexity index is 625. The Hall–Kier alpha value is -2.37. The van der Waals surface area contributed by atoms with Gasteiger partial charge < -0.3 is 9.47 Å². The molecule has 0 spiro atoms. The lowest BCUT2D eigenvalue weighted by molar-refractivity contribution is -0.385. The van der Waals surface area contributed by atoms with Gasteiger partial charge in [-0.05, 0) is 19.1 Å². The number of nitro groups is 1. The van der Waals surface area contributed by atoms with Crippen molar-refractivity contribution in [3.05, 3.63) is 34.0 Å². The second-order valence-electron chi connectivity index (χ2n) is 3.74. The summed E-state index contributed by atoms with van der Waals surface area (Å²) in [6.07, 6.45) is 0. The van der Waals surface area contributed by atoms with Crippen LogP contribution in [0.3, 0.4) is 0 Å². The van der Waals surface area contributed by atoms with E-state index in [-0.39, 0.29) is 11.4 Å². The van der Waals surface area contributed by atoms with Crippen LogP contribution in [0.4, 0.5) is 5.69 Å². The number of fused-ring (bicyclic) bond motifs is 1. The van der Waals surface area contributed by atoms with Crippen molar-refractivity contribution in [2.45, 2.75) is 6.92 Å². The predicted molar refractivity (Wildman–Crippen MR) is 66.2 cm³/mol. The number of hydrogen-bond donors (Lipinski definition) is 0. The van der Waals surface area contributed by atoms with Gasteiger partial charge in [-0.3, -0.25) is 10.1 Å². The SMILES string of the molecule is COc1c([N+](=O)[O-])cc(OC)c2nc(C)ccc12. The first-order chi connectivity index (χ1) is 8.58. The molecule has 0 bridgehead atoms. The normalized spacial score (nSPS) is 10.4. The van der Waals surface area contributed by atoms with Gasteiger partial charge in [0.15, 0.2) is 5.75 Å². The minimum atomic E-state index is -0.499. The molecule has 2 aromatic rings. The molecule has 0 N–H and O–H groups in total. The summed E-state index contributed by atoms with van der Waals surface area (Å²) in [6.45, 7) is 1.84. The summed E-state index contributed by atoms with van der Waals surface area (Å²) in [7, 11) is 2.85. The first-order valence-corrected chi connectivity index (χ1v) is 5.25. The molecule has 0 unspecified atom stereocenters. The number of aryl methyl sites for hydroxylation is 1. The standard InChI is InChI=1S/C12H12N2O4/c1-7-4-5-8-11(13-7)10(17-2)6-9(14(15)16)12(8)18-3/h4-6H,1-3H3. The van der Waals surface area contributed by atoms with E-state index in [1.165, 1.54) is 20.3 Å². The van der Waals surface area contributed by atoms with Crippen LogP contribution < -0.4 is 9.47 Å². The van der Waals surface area contributed by atoms with Gasteiger partial charge in [0.1, 0.15) is 5.52 Å². The first kappa shape index (κ1) is 12.1. The molecule has 0 aliphatic carbocycles. The number of nitrogens with zero attached hydrogens (tertiary/aromatic N) is 2. The third-order valence-corrected chi connectivity index (χ3v) is 2.63. The van der Waals surface area contributed by atoms with Crippen LogP contribution >= 0.6 is 0 Å². The molecule has 0 radical (unpaired) electrons. The molecule has 0 aliphatic heterocycles. The largest absolute Gasteiger partial charge is 0.494 e. The summed E-state index contributed by atoms with van der Waals surface area (Å²) >= 11 is 0. The number of ether oxygens (including phenoxy) is 2. The molecule has 2 rings (SSSR count). The lowest BCUT2D eigenvalue weighted by Gasteiger charge is -2.10. The molecule has 0 saturated heterocycles. The molecule has 1 aromatic carbocycles. The summed E-state index contributed by atoms with van der Waals surface area (Å²) < 4.78 is 10.3. The summed E-state index contributed by atoms with van der Waals surface area (Å²) in [4.78, 5) is 14.8. The summed E-state index contributed by atoms with van der Waals surface area (Å²) in [5.74, 6) is 0.560. The zero-order valence-corrected chi connectivity index (χ0v) is 10.3.